The van der Waals surface area contributed by atoms with E-state index in [-0.39, 0.29) is 5.75 Å². The van der Waals surface area contributed by atoms with Crippen LogP contribution in [0.15, 0.2) is 11.5 Å². The molecule has 2 aromatic heterocycles. The Labute approximate surface area is 95.5 Å². The van der Waals surface area contributed by atoms with Crippen LogP contribution in [-0.2, 0) is 11.2 Å². The van der Waals surface area contributed by atoms with Crippen molar-refractivity contribution in [3.63, 3.8) is 0 Å². The van der Waals surface area contributed by atoms with E-state index in [2.05, 4.69) is 19.9 Å². The second-order valence-electron chi connectivity index (χ2n) is 3.09. The number of aromatic amines is 1. The fourth-order valence-electron chi connectivity index (χ4n) is 1.32. The molecule has 0 atom stereocenters. The Hall–Kier alpha value is -1.63. The number of aliphatic carboxylic acids is 1. The highest BCUT2D eigenvalue weighted by Crippen LogP contribution is 2.18. The first-order valence-electron chi connectivity index (χ1n) is 4.75. The molecule has 0 aromatic carbocycles. The van der Waals surface area contributed by atoms with Gasteiger partial charge < -0.3 is 10.1 Å². The fourth-order valence-corrected chi connectivity index (χ4v) is 1.90. The molecule has 2 heterocycles. The molecule has 2 N–H and O–H groups in total. The van der Waals surface area contributed by atoms with Gasteiger partial charge in [-0.25, -0.2) is 15.0 Å². The molecule has 0 aliphatic rings. The zero-order chi connectivity index (χ0) is 11.5. The van der Waals surface area contributed by atoms with E-state index in [4.69, 9.17) is 5.11 Å². The van der Waals surface area contributed by atoms with Crippen molar-refractivity contribution in [3.05, 3.63) is 12.0 Å². The Bertz CT molecular complexity index is 525. The number of imidazole rings is 1. The average molecular weight is 238 g/mol. The minimum Gasteiger partial charge on any atom is -0.481 e. The monoisotopic (exact) mass is 238 g/mol. The first-order chi connectivity index (χ1) is 7.70. The van der Waals surface area contributed by atoms with Crippen LogP contribution in [-0.4, -0.2) is 36.8 Å². The van der Waals surface area contributed by atoms with Gasteiger partial charge in [0, 0.05) is 0 Å². The number of rotatable bonds is 4. The van der Waals surface area contributed by atoms with Gasteiger partial charge in [-0.15, -0.1) is 0 Å². The molecule has 0 amide bonds. The molecule has 6 nitrogen and oxygen atoms in total. The molecule has 7 heteroatoms. The average Bonchev–Trinajstić information content (AvgIpc) is 2.73. The minimum absolute atomic E-state index is 0.0426. The van der Waals surface area contributed by atoms with Crippen LogP contribution in [0.2, 0.25) is 0 Å². The van der Waals surface area contributed by atoms with Crippen LogP contribution in [0.3, 0.4) is 0 Å². The van der Waals surface area contributed by atoms with Crippen molar-refractivity contribution in [2.75, 3.05) is 5.75 Å². The molecule has 0 spiro atoms. The molecule has 0 unspecified atom stereocenters. The second kappa shape index (κ2) is 4.48. The zero-order valence-electron chi connectivity index (χ0n) is 8.60. The molecule has 0 aliphatic carbocycles. The second-order valence-corrected chi connectivity index (χ2v) is 4.03. The van der Waals surface area contributed by atoms with Crippen molar-refractivity contribution >= 4 is 28.9 Å². The van der Waals surface area contributed by atoms with Crippen LogP contribution in [0.5, 0.6) is 0 Å². The molecular formula is C9H10N4O2S. The van der Waals surface area contributed by atoms with Crippen molar-refractivity contribution in [1.29, 1.82) is 0 Å². The van der Waals surface area contributed by atoms with Gasteiger partial charge in [0.05, 0.1) is 17.8 Å². The number of thioether (sulfide) groups is 1. The van der Waals surface area contributed by atoms with Crippen molar-refractivity contribution < 1.29 is 9.90 Å². The first kappa shape index (κ1) is 10.9. The number of nitrogens with zero attached hydrogens (tertiary/aromatic N) is 3. The Balaban J connectivity index is 2.35. The van der Waals surface area contributed by atoms with Gasteiger partial charge in [0.25, 0.3) is 0 Å². The summed E-state index contributed by atoms with van der Waals surface area (Å²) in [6.45, 7) is 1.98. The largest absolute Gasteiger partial charge is 0.481 e. The van der Waals surface area contributed by atoms with Crippen molar-refractivity contribution in [1.82, 2.24) is 19.9 Å². The number of carbonyl (C=O) groups is 1. The van der Waals surface area contributed by atoms with E-state index in [0.717, 1.165) is 29.4 Å². The van der Waals surface area contributed by atoms with E-state index in [9.17, 15) is 4.79 Å². The van der Waals surface area contributed by atoms with Gasteiger partial charge in [-0.3, -0.25) is 4.79 Å². The number of aromatic nitrogens is 4. The lowest BCUT2D eigenvalue weighted by Crippen LogP contribution is -2.01. The lowest BCUT2D eigenvalue weighted by atomic mass is 10.3. The number of hydrogen-bond donors (Lipinski definition) is 2. The van der Waals surface area contributed by atoms with Crippen molar-refractivity contribution in [2.45, 2.75) is 18.5 Å². The predicted molar refractivity (Wildman–Crippen MR) is 59.4 cm³/mol. The molecule has 0 radical (unpaired) electrons. The zero-order valence-corrected chi connectivity index (χ0v) is 9.41. The van der Waals surface area contributed by atoms with Gasteiger partial charge in [0.15, 0.2) is 10.8 Å². The van der Waals surface area contributed by atoms with Crippen LogP contribution in [0, 0.1) is 0 Å². The van der Waals surface area contributed by atoms with Gasteiger partial charge in [-0.05, 0) is 6.42 Å². The Kier molecular flexibility index (Phi) is 3.04. The van der Waals surface area contributed by atoms with E-state index < -0.39 is 5.97 Å². The molecule has 0 saturated heterocycles. The number of hydrogen-bond acceptors (Lipinski definition) is 5. The molecule has 0 bridgehead atoms. The highest BCUT2D eigenvalue weighted by molar-refractivity contribution is 7.99. The Morgan fingerprint density at radius 3 is 3.06 bits per heavy atom. The molecule has 2 rings (SSSR count). The lowest BCUT2D eigenvalue weighted by Gasteiger charge is -2.01. The molecule has 2 aromatic rings. The third-order valence-electron chi connectivity index (χ3n) is 2.00. The van der Waals surface area contributed by atoms with Gasteiger partial charge in [-0.1, -0.05) is 18.7 Å². The normalized spacial score (nSPS) is 10.8. The summed E-state index contributed by atoms with van der Waals surface area (Å²) in [7, 11) is 0. The number of H-pyrrole nitrogens is 1. The Morgan fingerprint density at radius 2 is 2.38 bits per heavy atom. The minimum atomic E-state index is -0.881. The summed E-state index contributed by atoms with van der Waals surface area (Å²) in [6.07, 6.45) is 2.31. The standard InChI is InChI=1S/C9H10N4O2S/c1-2-5-7-8(11-4-10-7)13-9(12-5)16-3-6(14)15/h4H,2-3H2,1H3,(H,14,15)(H,10,11,12,13). The summed E-state index contributed by atoms with van der Waals surface area (Å²) in [6, 6.07) is 0. The predicted octanol–water partition coefficient (Wildman–Crippen LogP) is 1.09. The molecule has 84 valence electrons. The van der Waals surface area contributed by atoms with Gasteiger partial charge >= 0.3 is 5.97 Å². The van der Waals surface area contributed by atoms with Gasteiger partial charge in [-0.2, -0.15) is 0 Å². The highest BCUT2D eigenvalue weighted by atomic mass is 32.2. The Morgan fingerprint density at radius 1 is 1.56 bits per heavy atom. The van der Waals surface area contributed by atoms with E-state index in [1.54, 1.807) is 6.33 Å². The fraction of sp³-hybridized carbons (Fsp3) is 0.333. The quantitative estimate of drug-likeness (QED) is 0.612. The highest BCUT2D eigenvalue weighted by Gasteiger charge is 2.09. The van der Waals surface area contributed by atoms with Gasteiger partial charge in [0.2, 0.25) is 0 Å². The van der Waals surface area contributed by atoms with Crippen LogP contribution >= 0.6 is 11.8 Å². The SMILES string of the molecule is CCc1nc(SCC(=O)O)nc2nc[nH]c12. The van der Waals surface area contributed by atoms with E-state index in [1.165, 1.54) is 0 Å². The number of aryl methyl sites for hydroxylation is 1. The summed E-state index contributed by atoms with van der Waals surface area (Å²) in [5, 5.41) is 9.03. The number of carboxylic acid groups (broad SMARTS) is 1. The summed E-state index contributed by atoms with van der Waals surface area (Å²) in [5.41, 5.74) is 2.26. The number of carboxylic acids is 1. The molecule has 0 fully saturated rings. The van der Waals surface area contributed by atoms with E-state index >= 15 is 0 Å². The van der Waals surface area contributed by atoms with Gasteiger partial charge in [0.1, 0.15) is 5.52 Å². The lowest BCUT2D eigenvalue weighted by molar-refractivity contribution is -0.133. The number of nitrogens with one attached hydrogen (secondary N) is 1. The third kappa shape index (κ3) is 2.13. The van der Waals surface area contributed by atoms with E-state index in [1.807, 2.05) is 6.92 Å². The van der Waals surface area contributed by atoms with Crippen LogP contribution in [0.1, 0.15) is 12.6 Å². The van der Waals surface area contributed by atoms with Crippen molar-refractivity contribution in [2.24, 2.45) is 0 Å². The maximum atomic E-state index is 10.4. The summed E-state index contributed by atoms with van der Waals surface area (Å²) >= 11 is 1.10. The molecular weight excluding hydrogens is 228 g/mol. The third-order valence-corrected chi connectivity index (χ3v) is 2.83. The molecule has 16 heavy (non-hydrogen) atoms. The maximum Gasteiger partial charge on any atom is 0.313 e. The van der Waals surface area contributed by atoms with Crippen LogP contribution in [0.25, 0.3) is 11.2 Å². The topological polar surface area (TPSA) is 91.8 Å². The summed E-state index contributed by atoms with van der Waals surface area (Å²) in [4.78, 5) is 25.9. The maximum absolute atomic E-state index is 10.4. The van der Waals surface area contributed by atoms with E-state index in [0.29, 0.717) is 10.8 Å². The first-order valence-corrected chi connectivity index (χ1v) is 5.74. The van der Waals surface area contributed by atoms with Crippen LogP contribution in [0.4, 0.5) is 0 Å². The summed E-state index contributed by atoms with van der Waals surface area (Å²) < 4.78 is 0. The molecule has 0 saturated carbocycles. The molecule has 0 aliphatic heterocycles. The van der Waals surface area contributed by atoms with Crippen molar-refractivity contribution in [3.8, 4) is 0 Å². The smallest absolute Gasteiger partial charge is 0.313 e. The summed E-state index contributed by atoms with van der Waals surface area (Å²) in [5.74, 6) is -0.923. The van der Waals surface area contributed by atoms with Crippen LogP contribution < -0.4 is 0 Å². The number of fused-ring (bicyclic) bond motifs is 1.